The summed E-state index contributed by atoms with van der Waals surface area (Å²) in [5, 5.41) is 5.59. The van der Waals surface area contributed by atoms with E-state index in [2.05, 4.69) is 15.3 Å². The van der Waals surface area contributed by atoms with Crippen LogP contribution in [0.3, 0.4) is 0 Å². The molecule has 3 rings (SSSR count). The van der Waals surface area contributed by atoms with E-state index in [1.54, 1.807) is 12.4 Å². The van der Waals surface area contributed by atoms with Gasteiger partial charge in [-0.2, -0.15) is 0 Å². The fourth-order valence-corrected chi connectivity index (χ4v) is 2.59. The molecule has 3 nitrogen and oxygen atoms in total. The summed E-state index contributed by atoms with van der Waals surface area (Å²) in [6.07, 6.45) is 6.54. The first kappa shape index (κ1) is 13.6. The van der Waals surface area contributed by atoms with Gasteiger partial charge in [-0.05, 0) is 35.2 Å². The number of nitrogens with zero attached hydrogens (tertiary/aromatic N) is 2. The summed E-state index contributed by atoms with van der Waals surface area (Å²) in [4.78, 5) is 8.17. The Kier molecular flexibility index (Phi) is 3.88. The first-order chi connectivity index (χ1) is 10.3. The molecule has 1 aromatic carbocycles. The van der Waals surface area contributed by atoms with Crippen LogP contribution >= 0.6 is 0 Å². The summed E-state index contributed by atoms with van der Waals surface area (Å²) in [6.45, 7) is 2.81. The van der Waals surface area contributed by atoms with Crippen LogP contribution in [0.5, 0.6) is 0 Å². The highest BCUT2D eigenvalue weighted by molar-refractivity contribution is 5.85. The Hall–Kier alpha value is -2.33. The summed E-state index contributed by atoms with van der Waals surface area (Å²) in [5.41, 5.74) is 1.89. The molecule has 0 aliphatic carbocycles. The minimum Gasteiger partial charge on any atom is -0.306 e. The second-order valence-electron chi connectivity index (χ2n) is 4.87. The fourth-order valence-electron chi connectivity index (χ4n) is 2.59. The van der Waals surface area contributed by atoms with Crippen LogP contribution in [0.1, 0.15) is 24.1 Å². The first-order valence-corrected chi connectivity index (χ1v) is 6.96. The van der Waals surface area contributed by atoms with Gasteiger partial charge in [0.25, 0.3) is 0 Å². The standard InChI is InChI=1S/C17H16FN3/c1-2-21-17(13-8-14(18)10-20-9-13)15-5-3-4-12-6-7-19-11-16(12)15/h3-11,17,21H,2H2,1H3. The van der Waals surface area contributed by atoms with Crippen molar-refractivity contribution in [1.82, 2.24) is 15.3 Å². The third-order valence-electron chi connectivity index (χ3n) is 3.50. The van der Waals surface area contributed by atoms with Gasteiger partial charge in [0.1, 0.15) is 5.82 Å². The highest BCUT2D eigenvalue weighted by Gasteiger charge is 2.16. The number of aromatic nitrogens is 2. The molecule has 1 unspecified atom stereocenters. The molecule has 1 atom stereocenters. The van der Waals surface area contributed by atoms with Crippen LogP contribution in [0, 0.1) is 5.82 Å². The molecule has 0 aliphatic heterocycles. The number of pyridine rings is 2. The fraction of sp³-hybridized carbons (Fsp3) is 0.176. The van der Waals surface area contributed by atoms with Gasteiger partial charge in [-0.25, -0.2) is 4.39 Å². The van der Waals surface area contributed by atoms with Crippen LogP contribution in [-0.4, -0.2) is 16.5 Å². The van der Waals surface area contributed by atoms with Crippen LogP contribution in [0.15, 0.2) is 55.1 Å². The summed E-state index contributed by atoms with van der Waals surface area (Å²) < 4.78 is 13.5. The number of benzene rings is 1. The van der Waals surface area contributed by atoms with E-state index in [1.807, 2.05) is 37.4 Å². The van der Waals surface area contributed by atoms with Gasteiger partial charge in [-0.15, -0.1) is 0 Å². The molecule has 3 aromatic rings. The quantitative estimate of drug-likeness (QED) is 0.795. The summed E-state index contributed by atoms with van der Waals surface area (Å²) in [7, 11) is 0. The Labute approximate surface area is 122 Å². The van der Waals surface area contributed by atoms with Crippen molar-refractivity contribution in [3.8, 4) is 0 Å². The van der Waals surface area contributed by atoms with Crippen molar-refractivity contribution in [1.29, 1.82) is 0 Å². The van der Waals surface area contributed by atoms with Gasteiger partial charge in [0.05, 0.1) is 12.2 Å². The van der Waals surface area contributed by atoms with Crippen LogP contribution < -0.4 is 5.32 Å². The normalized spacial score (nSPS) is 12.5. The van der Waals surface area contributed by atoms with Crippen molar-refractivity contribution in [2.75, 3.05) is 6.54 Å². The maximum absolute atomic E-state index is 13.5. The zero-order valence-corrected chi connectivity index (χ0v) is 11.8. The molecule has 0 aliphatic rings. The summed E-state index contributed by atoms with van der Waals surface area (Å²) in [5.74, 6) is -0.325. The second kappa shape index (κ2) is 5.97. The van der Waals surface area contributed by atoms with E-state index in [0.29, 0.717) is 0 Å². The van der Waals surface area contributed by atoms with E-state index in [9.17, 15) is 4.39 Å². The number of nitrogens with one attached hydrogen (secondary N) is 1. The van der Waals surface area contributed by atoms with E-state index < -0.39 is 0 Å². The molecule has 0 saturated heterocycles. The number of halogens is 1. The molecular weight excluding hydrogens is 265 g/mol. The van der Waals surface area contributed by atoms with E-state index >= 15 is 0 Å². The minimum atomic E-state index is -0.325. The third kappa shape index (κ3) is 2.76. The average molecular weight is 281 g/mol. The molecule has 0 bridgehead atoms. The van der Waals surface area contributed by atoms with Crippen LogP contribution in [-0.2, 0) is 0 Å². The van der Waals surface area contributed by atoms with E-state index in [1.165, 1.54) is 12.3 Å². The number of fused-ring (bicyclic) bond motifs is 1. The maximum atomic E-state index is 13.5. The van der Waals surface area contributed by atoms with Gasteiger partial charge < -0.3 is 5.32 Å². The zero-order valence-electron chi connectivity index (χ0n) is 11.8. The van der Waals surface area contributed by atoms with Crippen molar-refractivity contribution >= 4 is 10.8 Å². The molecule has 0 spiro atoms. The van der Waals surface area contributed by atoms with Gasteiger partial charge in [-0.1, -0.05) is 25.1 Å². The first-order valence-electron chi connectivity index (χ1n) is 6.96. The average Bonchev–Trinajstić information content (AvgIpc) is 2.52. The van der Waals surface area contributed by atoms with Crippen molar-refractivity contribution < 1.29 is 4.39 Å². The number of hydrogen-bond acceptors (Lipinski definition) is 3. The van der Waals surface area contributed by atoms with Gasteiger partial charge in [0, 0.05) is 24.0 Å². The smallest absolute Gasteiger partial charge is 0.141 e. The van der Waals surface area contributed by atoms with Gasteiger partial charge >= 0.3 is 0 Å². The highest BCUT2D eigenvalue weighted by Crippen LogP contribution is 2.28. The molecule has 0 radical (unpaired) electrons. The van der Waals surface area contributed by atoms with Crippen molar-refractivity contribution in [3.05, 3.63) is 72.1 Å². The van der Waals surface area contributed by atoms with Crippen molar-refractivity contribution in [2.45, 2.75) is 13.0 Å². The number of rotatable bonds is 4. The van der Waals surface area contributed by atoms with E-state index in [4.69, 9.17) is 0 Å². The van der Waals surface area contributed by atoms with Gasteiger partial charge in [0.2, 0.25) is 0 Å². The van der Waals surface area contributed by atoms with E-state index in [0.717, 1.165) is 28.4 Å². The predicted octanol–water partition coefficient (Wildman–Crippen LogP) is 3.47. The van der Waals surface area contributed by atoms with Gasteiger partial charge in [0.15, 0.2) is 0 Å². The summed E-state index contributed by atoms with van der Waals surface area (Å²) >= 11 is 0. The van der Waals surface area contributed by atoms with Crippen molar-refractivity contribution in [2.24, 2.45) is 0 Å². The molecule has 4 heteroatoms. The lowest BCUT2D eigenvalue weighted by atomic mass is 9.95. The van der Waals surface area contributed by atoms with Crippen LogP contribution in [0.2, 0.25) is 0 Å². The third-order valence-corrected chi connectivity index (χ3v) is 3.50. The molecule has 21 heavy (non-hydrogen) atoms. The molecule has 106 valence electrons. The van der Waals surface area contributed by atoms with Crippen LogP contribution in [0.4, 0.5) is 4.39 Å². The molecular formula is C17H16FN3. The topological polar surface area (TPSA) is 37.8 Å². The molecule has 0 saturated carbocycles. The predicted molar refractivity (Wildman–Crippen MR) is 81.5 cm³/mol. The second-order valence-corrected chi connectivity index (χ2v) is 4.87. The molecule has 0 fully saturated rings. The Morgan fingerprint density at radius 1 is 1.14 bits per heavy atom. The van der Waals surface area contributed by atoms with Crippen LogP contribution in [0.25, 0.3) is 10.8 Å². The van der Waals surface area contributed by atoms with Gasteiger partial charge in [-0.3, -0.25) is 9.97 Å². The summed E-state index contributed by atoms with van der Waals surface area (Å²) in [6, 6.07) is 9.50. The Morgan fingerprint density at radius 2 is 2.05 bits per heavy atom. The molecule has 0 amide bonds. The Balaban J connectivity index is 2.16. The van der Waals surface area contributed by atoms with E-state index in [-0.39, 0.29) is 11.9 Å². The Morgan fingerprint density at radius 3 is 2.86 bits per heavy atom. The zero-order chi connectivity index (χ0) is 14.7. The molecule has 2 aromatic heterocycles. The lowest BCUT2D eigenvalue weighted by molar-refractivity contribution is 0.597. The monoisotopic (exact) mass is 281 g/mol. The minimum absolute atomic E-state index is 0.105. The lowest BCUT2D eigenvalue weighted by Gasteiger charge is -2.20. The molecule has 2 heterocycles. The largest absolute Gasteiger partial charge is 0.306 e. The SMILES string of the molecule is CCNC(c1cncc(F)c1)c1cccc2ccncc12. The lowest BCUT2D eigenvalue weighted by Crippen LogP contribution is -2.22. The maximum Gasteiger partial charge on any atom is 0.141 e. The van der Waals surface area contributed by atoms with Crippen molar-refractivity contribution in [3.63, 3.8) is 0 Å². The highest BCUT2D eigenvalue weighted by atomic mass is 19.1. The number of hydrogen-bond donors (Lipinski definition) is 1. The Bertz CT molecular complexity index is 752. The molecule has 1 N–H and O–H groups in total.